The molecule has 0 fully saturated rings. The average molecular weight is 207 g/mol. The number of hydrogen-bond donors (Lipinski definition) is 1. The molecule has 1 N–H and O–H groups in total. The van der Waals surface area contributed by atoms with Crippen molar-refractivity contribution in [1.29, 1.82) is 0 Å². The van der Waals surface area contributed by atoms with Gasteiger partial charge in [0, 0.05) is 12.6 Å². The molecule has 0 radical (unpaired) electrons. The predicted molar refractivity (Wildman–Crippen MR) is 56.1 cm³/mol. The second kappa shape index (κ2) is 5.14. The fraction of sp³-hybridized carbons (Fsp3) is 0.273. The van der Waals surface area contributed by atoms with Crippen LogP contribution in [0.4, 0.5) is 0 Å². The number of nitrogens with zero attached hydrogens (tertiary/aromatic N) is 1. The van der Waals surface area contributed by atoms with Crippen molar-refractivity contribution in [2.45, 2.75) is 19.4 Å². The molecule has 0 saturated carbocycles. The highest BCUT2D eigenvalue weighted by atomic mass is 16.5. The van der Waals surface area contributed by atoms with E-state index >= 15 is 0 Å². The van der Waals surface area contributed by atoms with Gasteiger partial charge in [-0.3, -0.25) is 0 Å². The number of carboxylic acid groups (broad SMARTS) is 1. The summed E-state index contributed by atoms with van der Waals surface area (Å²) in [4.78, 5) is 14.5. The van der Waals surface area contributed by atoms with Crippen LogP contribution in [0.3, 0.4) is 0 Å². The van der Waals surface area contributed by atoms with E-state index in [2.05, 4.69) is 11.6 Å². The average Bonchev–Trinajstić information content (AvgIpc) is 2.18. The predicted octanol–water partition coefficient (Wildman–Crippen LogP) is 2.12. The van der Waals surface area contributed by atoms with Crippen LogP contribution >= 0.6 is 0 Å². The van der Waals surface area contributed by atoms with Crippen molar-refractivity contribution in [2.24, 2.45) is 0 Å². The number of aromatic carboxylic acids is 1. The van der Waals surface area contributed by atoms with Gasteiger partial charge in [-0.2, -0.15) is 0 Å². The van der Waals surface area contributed by atoms with Crippen molar-refractivity contribution in [3.63, 3.8) is 0 Å². The van der Waals surface area contributed by atoms with Crippen LogP contribution in [0.25, 0.3) is 0 Å². The summed E-state index contributed by atoms with van der Waals surface area (Å²) in [5, 5.41) is 8.85. The molecule has 0 amide bonds. The first-order valence-electron chi connectivity index (χ1n) is 4.61. The lowest BCUT2D eigenvalue weighted by Gasteiger charge is -2.13. The second-order valence-electron chi connectivity index (χ2n) is 3.11. The van der Waals surface area contributed by atoms with Gasteiger partial charge in [0.05, 0.1) is 6.10 Å². The van der Waals surface area contributed by atoms with Crippen molar-refractivity contribution in [3.8, 4) is 5.75 Å². The summed E-state index contributed by atoms with van der Waals surface area (Å²) in [6.07, 6.45) is 3.70. The maximum atomic E-state index is 10.8. The van der Waals surface area contributed by atoms with Gasteiger partial charge in [-0.15, -0.1) is 6.58 Å². The molecule has 1 atom stereocenters. The molecule has 0 saturated heterocycles. The number of carbonyl (C=O) groups is 1. The van der Waals surface area contributed by atoms with Gasteiger partial charge < -0.3 is 9.84 Å². The lowest BCUT2D eigenvalue weighted by molar-refractivity contribution is 0.0683. The maximum Gasteiger partial charge on any atom is 0.358 e. The van der Waals surface area contributed by atoms with Gasteiger partial charge in [0.25, 0.3) is 0 Å². The van der Waals surface area contributed by atoms with Crippen LogP contribution in [0, 0.1) is 0 Å². The highest BCUT2D eigenvalue weighted by molar-refractivity contribution is 5.88. The van der Waals surface area contributed by atoms with Crippen LogP contribution < -0.4 is 4.74 Å². The molecule has 0 aromatic carbocycles. The molecule has 0 unspecified atom stereocenters. The Bertz CT molecular complexity index is 363. The highest BCUT2D eigenvalue weighted by Crippen LogP contribution is 2.17. The summed E-state index contributed by atoms with van der Waals surface area (Å²) in [5.74, 6) is -0.796. The van der Waals surface area contributed by atoms with Crippen molar-refractivity contribution in [1.82, 2.24) is 4.98 Å². The number of aromatic nitrogens is 1. The molecule has 1 aromatic rings. The first kappa shape index (κ1) is 11.2. The molecule has 1 heterocycles. The zero-order valence-corrected chi connectivity index (χ0v) is 8.51. The molecular weight excluding hydrogens is 194 g/mol. The first-order valence-corrected chi connectivity index (χ1v) is 4.61. The zero-order chi connectivity index (χ0) is 11.3. The number of carboxylic acids is 1. The van der Waals surface area contributed by atoms with Gasteiger partial charge in [-0.05, 0) is 19.1 Å². The van der Waals surface area contributed by atoms with Crippen LogP contribution in [0.1, 0.15) is 23.8 Å². The number of rotatable bonds is 5. The van der Waals surface area contributed by atoms with E-state index in [9.17, 15) is 4.79 Å². The fourth-order valence-corrected chi connectivity index (χ4v) is 1.15. The minimum atomic E-state index is -1.09. The summed E-state index contributed by atoms with van der Waals surface area (Å²) < 4.78 is 5.43. The van der Waals surface area contributed by atoms with E-state index in [1.807, 2.05) is 6.92 Å². The Morgan fingerprint density at radius 1 is 1.80 bits per heavy atom. The summed E-state index contributed by atoms with van der Waals surface area (Å²) in [6, 6.07) is 3.23. The van der Waals surface area contributed by atoms with E-state index in [1.165, 1.54) is 6.20 Å². The molecular formula is C11H13NO3. The molecule has 0 bridgehead atoms. The van der Waals surface area contributed by atoms with Crippen LogP contribution in [-0.4, -0.2) is 22.2 Å². The Balaban J connectivity index is 2.84. The van der Waals surface area contributed by atoms with Crippen LogP contribution in [0.5, 0.6) is 5.75 Å². The van der Waals surface area contributed by atoms with E-state index < -0.39 is 5.97 Å². The van der Waals surface area contributed by atoms with Crippen molar-refractivity contribution in [2.75, 3.05) is 0 Å². The number of ether oxygens (including phenoxy) is 1. The molecule has 1 rings (SSSR count). The van der Waals surface area contributed by atoms with Gasteiger partial charge in [-0.1, -0.05) is 6.08 Å². The Morgan fingerprint density at radius 3 is 3.13 bits per heavy atom. The number of hydrogen-bond acceptors (Lipinski definition) is 3. The van der Waals surface area contributed by atoms with Gasteiger partial charge >= 0.3 is 5.97 Å². The van der Waals surface area contributed by atoms with E-state index in [-0.39, 0.29) is 11.8 Å². The molecule has 80 valence electrons. The minimum Gasteiger partial charge on any atom is -0.488 e. The van der Waals surface area contributed by atoms with Gasteiger partial charge in [0.2, 0.25) is 0 Å². The van der Waals surface area contributed by atoms with E-state index in [1.54, 1.807) is 18.2 Å². The largest absolute Gasteiger partial charge is 0.488 e. The molecule has 4 nitrogen and oxygen atoms in total. The van der Waals surface area contributed by atoms with E-state index in [0.717, 1.165) is 0 Å². The second-order valence-corrected chi connectivity index (χ2v) is 3.11. The van der Waals surface area contributed by atoms with Crippen LogP contribution in [0.2, 0.25) is 0 Å². The standard InChI is InChI=1S/C11H13NO3/c1-3-5-8(2)15-9-6-4-7-12-10(9)11(13)14/h3-4,6-8H,1,5H2,2H3,(H,13,14)/t8-/m0/s1. The molecule has 1 aromatic heterocycles. The smallest absolute Gasteiger partial charge is 0.358 e. The Kier molecular flexibility index (Phi) is 3.85. The lowest BCUT2D eigenvalue weighted by Crippen LogP contribution is -2.13. The van der Waals surface area contributed by atoms with Gasteiger partial charge in [-0.25, -0.2) is 9.78 Å². The maximum absolute atomic E-state index is 10.8. The van der Waals surface area contributed by atoms with Crippen LogP contribution in [0.15, 0.2) is 31.0 Å². The summed E-state index contributed by atoms with van der Waals surface area (Å²) in [6.45, 7) is 5.44. The van der Waals surface area contributed by atoms with Gasteiger partial charge in [0.15, 0.2) is 11.4 Å². The van der Waals surface area contributed by atoms with Crippen molar-refractivity contribution < 1.29 is 14.6 Å². The first-order chi connectivity index (χ1) is 7.15. The van der Waals surface area contributed by atoms with E-state index in [0.29, 0.717) is 12.2 Å². The topological polar surface area (TPSA) is 59.4 Å². The molecule has 0 aliphatic carbocycles. The van der Waals surface area contributed by atoms with Crippen molar-refractivity contribution in [3.05, 3.63) is 36.7 Å². The Morgan fingerprint density at radius 2 is 2.53 bits per heavy atom. The monoisotopic (exact) mass is 207 g/mol. The Labute approximate surface area is 88.2 Å². The third-order valence-electron chi connectivity index (χ3n) is 1.80. The summed E-state index contributed by atoms with van der Waals surface area (Å²) >= 11 is 0. The lowest BCUT2D eigenvalue weighted by atomic mass is 10.2. The molecule has 4 heteroatoms. The fourth-order valence-electron chi connectivity index (χ4n) is 1.15. The quantitative estimate of drug-likeness (QED) is 0.751. The SMILES string of the molecule is C=CC[C@H](C)Oc1cccnc1C(=O)O. The normalized spacial score (nSPS) is 11.8. The van der Waals surface area contributed by atoms with Crippen LogP contribution in [-0.2, 0) is 0 Å². The van der Waals surface area contributed by atoms with Crippen molar-refractivity contribution >= 4 is 5.97 Å². The minimum absolute atomic E-state index is 0.0617. The molecule has 0 spiro atoms. The third kappa shape index (κ3) is 3.09. The molecule has 0 aliphatic rings. The molecule has 15 heavy (non-hydrogen) atoms. The summed E-state index contributed by atoms with van der Waals surface area (Å²) in [5.41, 5.74) is -0.0617. The number of pyridine rings is 1. The van der Waals surface area contributed by atoms with E-state index in [4.69, 9.17) is 9.84 Å². The molecule has 0 aliphatic heterocycles. The van der Waals surface area contributed by atoms with Gasteiger partial charge in [0.1, 0.15) is 0 Å². The third-order valence-corrected chi connectivity index (χ3v) is 1.80. The zero-order valence-electron chi connectivity index (χ0n) is 8.51. The highest BCUT2D eigenvalue weighted by Gasteiger charge is 2.13. The summed E-state index contributed by atoms with van der Waals surface area (Å²) in [7, 11) is 0. The Hall–Kier alpha value is -1.84.